The molecule has 0 unspecified atom stereocenters. The average Bonchev–Trinajstić information content (AvgIpc) is 3.40. The van der Waals surface area contributed by atoms with Crippen LogP contribution in [-0.2, 0) is 9.53 Å². The number of ether oxygens (including phenoxy) is 1. The van der Waals surface area contributed by atoms with E-state index in [1.807, 2.05) is 4.90 Å². The van der Waals surface area contributed by atoms with E-state index >= 15 is 0 Å². The fourth-order valence-electron chi connectivity index (χ4n) is 3.84. The maximum Gasteiger partial charge on any atom is 0.253 e. The standard InChI is InChI=1S/C19H25N3O3/c23-17(21-13-14-1-2-14)16-3-6-19(25-16)7-11-22(12-8-19)18(24)15-4-9-20-10-5-15/h4-5,9-10,14,16H,1-3,6-8,11-13H2,(H,21,23)/t16-/m0/s1. The third-order valence-corrected chi connectivity index (χ3v) is 5.70. The molecule has 6 nitrogen and oxygen atoms in total. The monoisotopic (exact) mass is 343 g/mol. The minimum Gasteiger partial charge on any atom is -0.362 e. The number of hydrogen-bond acceptors (Lipinski definition) is 4. The Morgan fingerprint density at radius 1 is 1.16 bits per heavy atom. The Bertz CT molecular complexity index is 637. The fourth-order valence-corrected chi connectivity index (χ4v) is 3.84. The van der Waals surface area contributed by atoms with Gasteiger partial charge in [-0.05, 0) is 56.6 Å². The SMILES string of the molecule is O=C(NCC1CC1)[C@@H]1CCC2(CCN(C(=O)c3ccncc3)CC2)O1. The molecule has 2 aliphatic heterocycles. The predicted molar refractivity (Wildman–Crippen MR) is 91.9 cm³/mol. The highest BCUT2D eigenvalue weighted by atomic mass is 16.5. The largest absolute Gasteiger partial charge is 0.362 e. The summed E-state index contributed by atoms with van der Waals surface area (Å²) >= 11 is 0. The Morgan fingerprint density at radius 2 is 1.88 bits per heavy atom. The average molecular weight is 343 g/mol. The molecule has 1 spiro atoms. The Balaban J connectivity index is 1.29. The van der Waals surface area contributed by atoms with Crippen LogP contribution in [0.4, 0.5) is 0 Å². The first-order chi connectivity index (χ1) is 12.2. The van der Waals surface area contributed by atoms with E-state index in [-0.39, 0.29) is 23.5 Å². The summed E-state index contributed by atoms with van der Waals surface area (Å²) in [7, 11) is 0. The molecule has 0 aromatic carbocycles. The van der Waals surface area contributed by atoms with Crippen LogP contribution in [0.5, 0.6) is 0 Å². The lowest BCUT2D eigenvalue weighted by atomic mass is 9.88. The van der Waals surface area contributed by atoms with Crippen molar-refractivity contribution in [1.29, 1.82) is 0 Å². The van der Waals surface area contributed by atoms with Crippen molar-refractivity contribution in [2.45, 2.75) is 50.2 Å². The predicted octanol–water partition coefficient (Wildman–Crippen LogP) is 1.76. The van der Waals surface area contributed by atoms with Crippen LogP contribution < -0.4 is 5.32 Å². The molecular formula is C19H25N3O3. The third kappa shape index (κ3) is 3.68. The molecule has 134 valence electrons. The van der Waals surface area contributed by atoms with Gasteiger partial charge in [0.25, 0.3) is 5.91 Å². The maximum atomic E-state index is 12.5. The topological polar surface area (TPSA) is 71.5 Å². The van der Waals surface area contributed by atoms with Gasteiger partial charge in [-0.2, -0.15) is 0 Å². The molecule has 1 atom stereocenters. The molecule has 0 radical (unpaired) electrons. The van der Waals surface area contributed by atoms with E-state index in [4.69, 9.17) is 4.74 Å². The van der Waals surface area contributed by atoms with Gasteiger partial charge in [-0.1, -0.05) is 0 Å². The van der Waals surface area contributed by atoms with Gasteiger partial charge >= 0.3 is 0 Å². The first-order valence-electron chi connectivity index (χ1n) is 9.30. The minimum atomic E-state index is -0.318. The van der Waals surface area contributed by atoms with Crippen LogP contribution in [0.2, 0.25) is 0 Å². The molecule has 1 N–H and O–H groups in total. The molecule has 6 heteroatoms. The van der Waals surface area contributed by atoms with Gasteiger partial charge in [0.2, 0.25) is 5.91 Å². The summed E-state index contributed by atoms with van der Waals surface area (Å²) in [6, 6.07) is 3.50. The van der Waals surface area contributed by atoms with Crippen molar-refractivity contribution < 1.29 is 14.3 Å². The third-order valence-electron chi connectivity index (χ3n) is 5.70. The van der Waals surface area contributed by atoms with Crippen molar-refractivity contribution in [3.05, 3.63) is 30.1 Å². The molecule has 25 heavy (non-hydrogen) atoms. The van der Waals surface area contributed by atoms with E-state index in [1.165, 1.54) is 12.8 Å². The van der Waals surface area contributed by atoms with Crippen LogP contribution in [0.1, 0.15) is 48.9 Å². The van der Waals surface area contributed by atoms with Crippen molar-refractivity contribution in [1.82, 2.24) is 15.2 Å². The summed E-state index contributed by atoms with van der Waals surface area (Å²) in [5.41, 5.74) is 0.451. The number of amides is 2. The van der Waals surface area contributed by atoms with Crippen LogP contribution in [0, 0.1) is 5.92 Å². The van der Waals surface area contributed by atoms with Gasteiger partial charge in [0, 0.05) is 37.6 Å². The summed E-state index contributed by atoms with van der Waals surface area (Å²) in [5, 5.41) is 3.02. The van der Waals surface area contributed by atoms with Crippen molar-refractivity contribution in [3.63, 3.8) is 0 Å². The number of aromatic nitrogens is 1. The van der Waals surface area contributed by atoms with Gasteiger partial charge in [-0.3, -0.25) is 14.6 Å². The lowest BCUT2D eigenvalue weighted by molar-refractivity contribution is -0.140. The van der Waals surface area contributed by atoms with Crippen molar-refractivity contribution in [3.8, 4) is 0 Å². The van der Waals surface area contributed by atoms with Crippen molar-refractivity contribution >= 4 is 11.8 Å². The molecule has 1 aromatic heterocycles. The van der Waals surface area contributed by atoms with E-state index in [0.717, 1.165) is 32.2 Å². The van der Waals surface area contributed by atoms with E-state index < -0.39 is 0 Å². The Labute approximate surface area is 147 Å². The zero-order valence-corrected chi connectivity index (χ0v) is 14.4. The molecule has 2 saturated heterocycles. The van der Waals surface area contributed by atoms with E-state index in [1.54, 1.807) is 24.5 Å². The van der Waals surface area contributed by atoms with Gasteiger partial charge in [-0.25, -0.2) is 0 Å². The second-order valence-electron chi connectivity index (χ2n) is 7.54. The molecule has 0 bridgehead atoms. The summed E-state index contributed by atoms with van der Waals surface area (Å²) < 4.78 is 6.18. The van der Waals surface area contributed by atoms with E-state index in [2.05, 4.69) is 10.3 Å². The zero-order chi connectivity index (χ0) is 17.3. The number of hydrogen-bond donors (Lipinski definition) is 1. The van der Waals surface area contributed by atoms with E-state index in [9.17, 15) is 9.59 Å². The lowest BCUT2D eigenvalue weighted by Gasteiger charge is -2.39. The number of rotatable bonds is 4. The van der Waals surface area contributed by atoms with Crippen LogP contribution in [0.3, 0.4) is 0 Å². The van der Waals surface area contributed by atoms with Crippen molar-refractivity contribution in [2.75, 3.05) is 19.6 Å². The highest BCUT2D eigenvalue weighted by Crippen LogP contribution is 2.39. The number of nitrogens with one attached hydrogen (secondary N) is 1. The van der Waals surface area contributed by atoms with Crippen LogP contribution in [-0.4, -0.2) is 53.0 Å². The van der Waals surface area contributed by atoms with Gasteiger partial charge < -0.3 is 15.0 Å². The van der Waals surface area contributed by atoms with E-state index in [0.29, 0.717) is 24.6 Å². The number of pyridine rings is 1. The Kier molecular flexibility index (Phi) is 4.46. The van der Waals surface area contributed by atoms with Gasteiger partial charge in [0.15, 0.2) is 0 Å². The zero-order valence-electron chi connectivity index (χ0n) is 14.4. The summed E-state index contributed by atoms with van der Waals surface area (Å²) in [6.07, 6.45) is 8.73. The molecule has 1 aliphatic carbocycles. The highest BCUT2D eigenvalue weighted by molar-refractivity contribution is 5.94. The number of carbonyl (C=O) groups is 2. The molecule has 2 amide bonds. The molecule has 1 saturated carbocycles. The molecule has 3 fully saturated rings. The van der Waals surface area contributed by atoms with Crippen LogP contribution >= 0.6 is 0 Å². The molecule has 3 heterocycles. The summed E-state index contributed by atoms with van der Waals surface area (Å²) in [4.78, 5) is 30.6. The quantitative estimate of drug-likeness (QED) is 0.904. The number of likely N-dealkylation sites (tertiary alicyclic amines) is 1. The lowest BCUT2D eigenvalue weighted by Crippen LogP contribution is -2.47. The van der Waals surface area contributed by atoms with Crippen molar-refractivity contribution in [2.24, 2.45) is 5.92 Å². The van der Waals surface area contributed by atoms with Crippen LogP contribution in [0.25, 0.3) is 0 Å². The number of nitrogens with zero attached hydrogens (tertiary/aromatic N) is 2. The summed E-state index contributed by atoms with van der Waals surface area (Å²) in [6.45, 7) is 2.15. The second kappa shape index (κ2) is 6.75. The molecule has 1 aromatic rings. The Hall–Kier alpha value is -1.95. The minimum absolute atomic E-state index is 0.0408. The van der Waals surface area contributed by atoms with Crippen LogP contribution in [0.15, 0.2) is 24.5 Å². The van der Waals surface area contributed by atoms with Gasteiger partial charge in [-0.15, -0.1) is 0 Å². The molecule has 4 rings (SSSR count). The highest BCUT2D eigenvalue weighted by Gasteiger charge is 2.45. The van der Waals surface area contributed by atoms with Gasteiger partial charge in [0.05, 0.1) is 5.60 Å². The van der Waals surface area contributed by atoms with Gasteiger partial charge in [0.1, 0.15) is 6.10 Å². The second-order valence-corrected chi connectivity index (χ2v) is 7.54. The fraction of sp³-hybridized carbons (Fsp3) is 0.632. The first kappa shape index (κ1) is 16.5. The molecular weight excluding hydrogens is 318 g/mol. The Morgan fingerprint density at radius 3 is 2.56 bits per heavy atom. The number of piperidine rings is 1. The maximum absolute atomic E-state index is 12.5. The molecule has 3 aliphatic rings. The normalized spacial score (nSPS) is 25.1. The smallest absolute Gasteiger partial charge is 0.253 e. The first-order valence-corrected chi connectivity index (χ1v) is 9.30. The number of carbonyl (C=O) groups excluding carboxylic acids is 2. The summed E-state index contributed by atoms with van der Waals surface area (Å²) in [5.74, 6) is 0.773.